The Morgan fingerprint density at radius 1 is 1.21 bits per heavy atom. The Morgan fingerprint density at radius 2 is 2.00 bits per heavy atom. The molecule has 0 bridgehead atoms. The van der Waals surface area contributed by atoms with Crippen LogP contribution in [0.3, 0.4) is 0 Å². The number of carbonyl (C=O) groups is 2. The standard InChI is InChI=1S/C28H26F3N5O5S/c1-15(38)33-24-9-18(26-34-23(14-42-26)28(29,30)31)20(10-32-24)17-2-3-22-19(8-17)25(39)21(27(40)41)13-36(22)12-16-4-5-35(11-16)6-7-37/h2-3,8-10,13-14,16,37H,4-7,11-12H2,1H3,(H,40,41)(H,32,33,38). The maximum Gasteiger partial charge on any atom is 0.434 e. The van der Waals surface area contributed by atoms with Crippen molar-refractivity contribution in [1.29, 1.82) is 0 Å². The van der Waals surface area contributed by atoms with Gasteiger partial charge in [0.1, 0.15) is 16.4 Å². The van der Waals surface area contributed by atoms with Gasteiger partial charge in [0.2, 0.25) is 11.3 Å². The number of alkyl halides is 3. The predicted octanol–water partition coefficient (Wildman–Crippen LogP) is 4.18. The number of benzene rings is 1. The van der Waals surface area contributed by atoms with Gasteiger partial charge in [0.15, 0.2) is 5.69 Å². The molecule has 220 valence electrons. The Labute approximate surface area is 241 Å². The number of β-amino-alcohol motifs (C(OH)–C–C–N with tert-alkyl or cyclic N) is 1. The fraction of sp³-hybridized carbons (Fsp3) is 0.321. The third kappa shape index (κ3) is 6.05. The van der Waals surface area contributed by atoms with E-state index in [0.29, 0.717) is 29.7 Å². The SMILES string of the molecule is CC(=O)Nc1cc(-c2nc(C(F)(F)F)cs2)c(-c2ccc3c(c2)c(=O)c(C(=O)O)cn3CC2CCN(CCO)C2)cn1. The summed E-state index contributed by atoms with van der Waals surface area (Å²) in [5.74, 6) is -1.52. The lowest BCUT2D eigenvalue weighted by molar-refractivity contribution is -0.140. The zero-order valence-electron chi connectivity index (χ0n) is 22.3. The summed E-state index contributed by atoms with van der Waals surface area (Å²) in [6.07, 6.45) is -1.11. The van der Waals surface area contributed by atoms with Crippen LogP contribution in [0.1, 0.15) is 29.4 Å². The van der Waals surface area contributed by atoms with E-state index in [1.807, 2.05) is 0 Å². The molecular weight excluding hydrogens is 575 g/mol. The first-order chi connectivity index (χ1) is 19.9. The number of hydrogen-bond acceptors (Lipinski definition) is 8. The van der Waals surface area contributed by atoms with E-state index >= 15 is 0 Å². The van der Waals surface area contributed by atoms with Gasteiger partial charge in [0.25, 0.3) is 0 Å². The molecular formula is C28H26F3N5O5S. The van der Waals surface area contributed by atoms with Crippen LogP contribution in [0.4, 0.5) is 19.0 Å². The van der Waals surface area contributed by atoms with Gasteiger partial charge in [-0.3, -0.25) is 9.59 Å². The molecule has 1 saturated heterocycles. The highest BCUT2D eigenvalue weighted by Gasteiger charge is 2.34. The second-order valence-corrected chi connectivity index (χ2v) is 10.9. The Balaban J connectivity index is 1.63. The van der Waals surface area contributed by atoms with Crippen molar-refractivity contribution < 1.29 is 33.0 Å². The van der Waals surface area contributed by atoms with E-state index in [1.165, 1.54) is 31.5 Å². The van der Waals surface area contributed by atoms with E-state index < -0.39 is 34.7 Å². The van der Waals surface area contributed by atoms with Crippen molar-refractivity contribution in [3.05, 3.63) is 63.5 Å². The monoisotopic (exact) mass is 601 g/mol. The summed E-state index contributed by atoms with van der Waals surface area (Å²) in [5.41, 5.74) is -0.657. The number of anilines is 1. The normalized spacial score (nSPS) is 15.8. The lowest BCUT2D eigenvalue weighted by atomic mass is 9.99. The molecule has 1 aliphatic heterocycles. The van der Waals surface area contributed by atoms with Crippen molar-refractivity contribution in [3.8, 4) is 21.7 Å². The maximum absolute atomic E-state index is 13.3. The zero-order chi connectivity index (χ0) is 30.2. The molecule has 1 aliphatic rings. The highest BCUT2D eigenvalue weighted by Crippen LogP contribution is 2.39. The molecule has 0 aliphatic carbocycles. The van der Waals surface area contributed by atoms with Gasteiger partial charge in [-0.15, -0.1) is 11.3 Å². The number of aromatic nitrogens is 3. The van der Waals surface area contributed by atoms with Crippen LogP contribution in [0.5, 0.6) is 0 Å². The highest BCUT2D eigenvalue weighted by atomic mass is 32.1. The Hall–Kier alpha value is -4.14. The van der Waals surface area contributed by atoms with Crippen molar-refractivity contribution in [2.45, 2.75) is 26.1 Å². The topological polar surface area (TPSA) is 138 Å². The molecule has 0 saturated carbocycles. The summed E-state index contributed by atoms with van der Waals surface area (Å²) in [5, 5.41) is 22.6. The maximum atomic E-state index is 13.3. The first kappa shape index (κ1) is 29.4. The lowest BCUT2D eigenvalue weighted by Crippen LogP contribution is -2.26. The van der Waals surface area contributed by atoms with Crippen LogP contribution in [0.2, 0.25) is 0 Å². The number of likely N-dealkylation sites (tertiary alicyclic amines) is 1. The smallest absolute Gasteiger partial charge is 0.434 e. The van der Waals surface area contributed by atoms with Crippen molar-refractivity contribution in [1.82, 2.24) is 19.4 Å². The van der Waals surface area contributed by atoms with E-state index in [1.54, 1.807) is 16.7 Å². The number of aliphatic hydroxyl groups is 1. The minimum Gasteiger partial charge on any atom is -0.477 e. The molecule has 42 heavy (non-hydrogen) atoms. The van der Waals surface area contributed by atoms with Gasteiger partial charge in [0.05, 0.1) is 12.1 Å². The molecule has 1 aromatic carbocycles. The summed E-state index contributed by atoms with van der Waals surface area (Å²) >= 11 is 0.768. The average molecular weight is 602 g/mol. The minimum absolute atomic E-state index is 0.0248. The molecule has 1 atom stereocenters. The number of carboxylic acids is 1. The quantitative estimate of drug-likeness (QED) is 0.274. The molecule has 0 spiro atoms. The van der Waals surface area contributed by atoms with Gasteiger partial charge in [-0.2, -0.15) is 13.2 Å². The largest absolute Gasteiger partial charge is 0.477 e. The number of fused-ring (bicyclic) bond motifs is 1. The van der Waals surface area contributed by atoms with Crippen molar-refractivity contribution in [2.24, 2.45) is 5.92 Å². The average Bonchev–Trinajstić information content (AvgIpc) is 3.60. The number of carbonyl (C=O) groups excluding carboxylic acids is 1. The van der Waals surface area contributed by atoms with Crippen LogP contribution in [0.25, 0.3) is 32.6 Å². The molecule has 4 aromatic rings. The van der Waals surface area contributed by atoms with E-state index in [0.717, 1.165) is 36.2 Å². The lowest BCUT2D eigenvalue weighted by Gasteiger charge is -2.18. The number of rotatable bonds is 8. The zero-order valence-corrected chi connectivity index (χ0v) is 23.1. The first-order valence-corrected chi connectivity index (χ1v) is 13.9. The minimum atomic E-state index is -4.65. The molecule has 0 radical (unpaired) electrons. The third-order valence-electron chi connectivity index (χ3n) is 7.10. The molecule has 10 nitrogen and oxygen atoms in total. The summed E-state index contributed by atoms with van der Waals surface area (Å²) in [7, 11) is 0. The predicted molar refractivity (Wildman–Crippen MR) is 150 cm³/mol. The fourth-order valence-electron chi connectivity index (χ4n) is 5.19. The number of halogens is 3. The molecule has 1 fully saturated rings. The molecule has 3 aromatic heterocycles. The summed E-state index contributed by atoms with van der Waals surface area (Å²) in [6, 6.07) is 6.27. The van der Waals surface area contributed by atoms with E-state index in [9.17, 15) is 37.8 Å². The van der Waals surface area contributed by atoms with E-state index in [2.05, 4.69) is 20.2 Å². The Morgan fingerprint density at radius 3 is 2.67 bits per heavy atom. The van der Waals surface area contributed by atoms with E-state index in [-0.39, 0.29) is 34.3 Å². The highest BCUT2D eigenvalue weighted by molar-refractivity contribution is 7.13. The number of aliphatic hydroxyl groups excluding tert-OH is 1. The molecule has 5 rings (SSSR count). The van der Waals surface area contributed by atoms with Gasteiger partial charge < -0.3 is 25.0 Å². The molecule has 1 unspecified atom stereocenters. The van der Waals surface area contributed by atoms with Crippen LogP contribution in [0.15, 0.2) is 46.8 Å². The van der Waals surface area contributed by atoms with Crippen molar-refractivity contribution in [2.75, 3.05) is 31.6 Å². The molecule has 14 heteroatoms. The molecule has 1 amide bonds. The number of carboxylic acid groups (broad SMARTS) is 1. The Bertz CT molecular complexity index is 1740. The summed E-state index contributed by atoms with van der Waals surface area (Å²) < 4.78 is 41.7. The Kier molecular flexibility index (Phi) is 8.12. The van der Waals surface area contributed by atoms with E-state index in [4.69, 9.17) is 0 Å². The number of aromatic carboxylic acids is 1. The van der Waals surface area contributed by atoms with Gasteiger partial charge in [-0.1, -0.05) is 6.07 Å². The number of hydrogen-bond donors (Lipinski definition) is 3. The second-order valence-electron chi connectivity index (χ2n) is 10.1. The molecule has 3 N–H and O–H groups in total. The van der Waals surface area contributed by atoms with Crippen LogP contribution >= 0.6 is 11.3 Å². The summed E-state index contributed by atoms with van der Waals surface area (Å²) in [4.78, 5) is 47.0. The van der Waals surface area contributed by atoms with Crippen LogP contribution in [-0.2, 0) is 17.5 Å². The number of nitrogens with zero attached hydrogens (tertiary/aromatic N) is 4. The number of nitrogens with one attached hydrogen (secondary N) is 1. The van der Waals surface area contributed by atoms with Crippen LogP contribution < -0.4 is 10.7 Å². The van der Waals surface area contributed by atoms with Gasteiger partial charge in [-0.25, -0.2) is 14.8 Å². The van der Waals surface area contributed by atoms with Crippen LogP contribution in [0, 0.1) is 5.92 Å². The first-order valence-electron chi connectivity index (χ1n) is 13.0. The number of thiazole rings is 1. The van der Waals surface area contributed by atoms with Gasteiger partial charge in [-0.05, 0) is 42.6 Å². The third-order valence-corrected chi connectivity index (χ3v) is 7.97. The van der Waals surface area contributed by atoms with Crippen molar-refractivity contribution in [3.63, 3.8) is 0 Å². The number of amides is 1. The fourth-order valence-corrected chi connectivity index (χ4v) is 6.05. The van der Waals surface area contributed by atoms with Crippen molar-refractivity contribution >= 4 is 39.9 Å². The van der Waals surface area contributed by atoms with Gasteiger partial charge >= 0.3 is 12.1 Å². The van der Waals surface area contributed by atoms with Gasteiger partial charge in [0, 0.05) is 60.8 Å². The second kappa shape index (κ2) is 11.6. The molecule has 4 heterocycles. The summed E-state index contributed by atoms with van der Waals surface area (Å²) in [6.45, 7) is 3.83. The van der Waals surface area contributed by atoms with Crippen LogP contribution in [-0.4, -0.2) is 67.8 Å². The number of pyridine rings is 2.